The molecule has 9 heteroatoms. The smallest absolute Gasteiger partial charge is 0.330 e. The Hall–Kier alpha value is -1.63. The molecule has 0 bridgehead atoms. The molecular weight excluding hydrogens is 316 g/mol. The summed E-state index contributed by atoms with van der Waals surface area (Å²) in [5, 5.41) is 32.4. The van der Waals surface area contributed by atoms with Crippen molar-refractivity contribution in [1.29, 1.82) is 0 Å². The van der Waals surface area contributed by atoms with E-state index in [4.69, 9.17) is 16.3 Å². The maximum atomic E-state index is 12.0. The molecule has 2 heterocycles. The maximum Gasteiger partial charge on any atom is 0.330 e. The number of aryl methyl sites for hydroxylation is 1. The van der Waals surface area contributed by atoms with Gasteiger partial charge in [0.15, 0.2) is 6.23 Å². The Morgan fingerprint density at radius 3 is 2.68 bits per heavy atom. The summed E-state index contributed by atoms with van der Waals surface area (Å²) in [5.41, 5.74) is -3.50. The third-order valence-electron chi connectivity index (χ3n) is 3.55. The number of aromatic nitrogens is 2. The number of nitrogens with zero attached hydrogens (tertiary/aromatic N) is 1. The monoisotopic (exact) mass is 330 g/mol. The molecule has 1 aromatic rings. The number of rotatable bonds is 2. The zero-order valence-electron chi connectivity index (χ0n) is 11.8. The fraction of sp³-hybridized carbons (Fsp3) is 0.538. The van der Waals surface area contributed by atoms with Gasteiger partial charge in [-0.15, -0.1) is 0 Å². The van der Waals surface area contributed by atoms with E-state index in [2.05, 4.69) is 5.92 Å². The highest BCUT2D eigenvalue weighted by molar-refractivity contribution is 6.30. The second kappa shape index (κ2) is 5.87. The van der Waals surface area contributed by atoms with Crippen LogP contribution in [0.3, 0.4) is 0 Å². The van der Waals surface area contributed by atoms with E-state index >= 15 is 0 Å². The van der Waals surface area contributed by atoms with Crippen LogP contribution in [-0.2, 0) is 4.74 Å². The Morgan fingerprint density at radius 2 is 2.18 bits per heavy atom. The molecule has 0 aromatic carbocycles. The van der Waals surface area contributed by atoms with E-state index in [1.54, 1.807) is 0 Å². The molecule has 22 heavy (non-hydrogen) atoms. The number of H-pyrrole nitrogens is 1. The molecule has 1 aliphatic heterocycles. The quantitative estimate of drug-likeness (QED) is 0.485. The highest BCUT2D eigenvalue weighted by atomic mass is 35.5. The van der Waals surface area contributed by atoms with Gasteiger partial charge in [-0.1, -0.05) is 0 Å². The third-order valence-corrected chi connectivity index (χ3v) is 3.65. The molecular formula is C13H15ClN2O6. The van der Waals surface area contributed by atoms with Gasteiger partial charge in [-0.2, -0.15) is 0 Å². The molecule has 2 rings (SSSR count). The van der Waals surface area contributed by atoms with E-state index in [1.165, 1.54) is 13.8 Å². The van der Waals surface area contributed by atoms with Gasteiger partial charge in [0.25, 0.3) is 5.56 Å². The van der Waals surface area contributed by atoms with Crippen LogP contribution in [-0.4, -0.2) is 48.8 Å². The van der Waals surface area contributed by atoms with Gasteiger partial charge in [0.1, 0.15) is 12.2 Å². The zero-order valence-corrected chi connectivity index (χ0v) is 12.5. The molecule has 0 saturated carbocycles. The minimum absolute atomic E-state index is 0.187. The van der Waals surface area contributed by atoms with Crippen LogP contribution in [0.2, 0.25) is 0 Å². The van der Waals surface area contributed by atoms with Crippen molar-refractivity contribution in [3.63, 3.8) is 0 Å². The summed E-state index contributed by atoms with van der Waals surface area (Å²) in [7, 11) is 0. The lowest BCUT2D eigenvalue weighted by atomic mass is 9.93. The second-order valence-corrected chi connectivity index (χ2v) is 5.32. The van der Waals surface area contributed by atoms with Gasteiger partial charge in [0, 0.05) is 17.1 Å². The molecule has 1 fully saturated rings. The molecule has 1 aromatic heterocycles. The van der Waals surface area contributed by atoms with Crippen LogP contribution in [0.25, 0.3) is 0 Å². The van der Waals surface area contributed by atoms with Crippen LogP contribution in [0.15, 0.2) is 15.7 Å². The van der Waals surface area contributed by atoms with Crippen LogP contribution in [0.5, 0.6) is 0 Å². The van der Waals surface area contributed by atoms with E-state index < -0.39 is 41.4 Å². The molecule has 8 nitrogen and oxygen atoms in total. The first kappa shape index (κ1) is 16.7. The average Bonchev–Trinajstić information content (AvgIpc) is 2.63. The normalized spacial score (nSPS) is 32.4. The van der Waals surface area contributed by atoms with Crippen molar-refractivity contribution < 1.29 is 20.1 Å². The Kier molecular flexibility index (Phi) is 4.47. The molecule has 5 atom stereocenters. The Balaban J connectivity index is 2.64. The minimum atomic E-state index is -2.23. The van der Waals surface area contributed by atoms with Gasteiger partial charge in [-0.3, -0.25) is 14.3 Å². The molecule has 2 unspecified atom stereocenters. The highest BCUT2D eigenvalue weighted by Crippen LogP contribution is 2.39. The Morgan fingerprint density at radius 1 is 1.55 bits per heavy atom. The third kappa shape index (κ3) is 2.58. The molecule has 1 saturated heterocycles. The molecule has 4 N–H and O–H groups in total. The molecule has 0 spiro atoms. The topological polar surface area (TPSA) is 125 Å². The SMILES string of the molecule is Cc1cc(=O)[nH]c(=O)n1[C@@H]1OC([C@@H](C)O)[C@H](O)C1(O)C#CCl. The molecule has 1 aliphatic rings. The van der Waals surface area contributed by atoms with Crippen LogP contribution in [0, 0.1) is 18.2 Å². The number of aromatic amines is 1. The molecule has 120 valence electrons. The van der Waals surface area contributed by atoms with E-state index in [0.29, 0.717) is 0 Å². The summed E-state index contributed by atoms with van der Waals surface area (Å²) in [6.45, 7) is 2.81. The first-order chi connectivity index (χ1) is 10.2. The number of aliphatic hydroxyl groups excluding tert-OH is 2. The number of nitrogens with one attached hydrogen (secondary N) is 1. The van der Waals surface area contributed by atoms with Crippen molar-refractivity contribution in [2.24, 2.45) is 0 Å². The number of aliphatic hydroxyl groups is 3. The predicted molar refractivity (Wildman–Crippen MR) is 76.2 cm³/mol. The van der Waals surface area contributed by atoms with Gasteiger partial charge in [-0.25, -0.2) is 4.79 Å². The lowest BCUT2D eigenvalue weighted by Crippen LogP contribution is -2.49. The molecule has 0 radical (unpaired) electrons. The lowest BCUT2D eigenvalue weighted by Gasteiger charge is -2.27. The van der Waals surface area contributed by atoms with Crippen molar-refractivity contribution in [2.75, 3.05) is 0 Å². The van der Waals surface area contributed by atoms with E-state index in [0.717, 1.165) is 10.6 Å². The van der Waals surface area contributed by atoms with E-state index in [9.17, 15) is 24.9 Å². The van der Waals surface area contributed by atoms with E-state index in [1.807, 2.05) is 10.4 Å². The fourth-order valence-electron chi connectivity index (χ4n) is 2.48. The Labute approximate surface area is 129 Å². The van der Waals surface area contributed by atoms with Gasteiger partial charge in [-0.05, 0) is 31.4 Å². The maximum absolute atomic E-state index is 12.0. The van der Waals surface area contributed by atoms with Gasteiger partial charge < -0.3 is 20.1 Å². The van der Waals surface area contributed by atoms with Crippen LogP contribution >= 0.6 is 11.6 Å². The van der Waals surface area contributed by atoms with Gasteiger partial charge >= 0.3 is 5.69 Å². The number of halogens is 1. The van der Waals surface area contributed by atoms with Crippen molar-refractivity contribution in [1.82, 2.24) is 9.55 Å². The van der Waals surface area contributed by atoms with Crippen molar-refractivity contribution in [3.05, 3.63) is 32.6 Å². The zero-order chi connectivity index (χ0) is 16.7. The van der Waals surface area contributed by atoms with Crippen molar-refractivity contribution in [3.8, 4) is 11.3 Å². The number of ether oxygens (including phenoxy) is 1. The van der Waals surface area contributed by atoms with Crippen LogP contribution < -0.4 is 11.2 Å². The Bertz CT molecular complexity index is 745. The van der Waals surface area contributed by atoms with E-state index in [-0.39, 0.29) is 5.69 Å². The summed E-state index contributed by atoms with van der Waals surface area (Å²) in [4.78, 5) is 25.3. The first-order valence-electron chi connectivity index (χ1n) is 6.41. The first-order valence-corrected chi connectivity index (χ1v) is 6.79. The summed E-state index contributed by atoms with van der Waals surface area (Å²) in [6.07, 6.45) is -5.38. The second-order valence-electron chi connectivity index (χ2n) is 5.13. The fourth-order valence-corrected chi connectivity index (χ4v) is 2.63. The molecule has 0 aliphatic carbocycles. The summed E-state index contributed by atoms with van der Waals surface area (Å²) >= 11 is 5.33. The van der Waals surface area contributed by atoms with Crippen LogP contribution in [0.4, 0.5) is 0 Å². The van der Waals surface area contributed by atoms with Gasteiger partial charge in [0.2, 0.25) is 5.60 Å². The summed E-state index contributed by atoms with van der Waals surface area (Å²) in [6, 6.07) is 1.13. The standard InChI is InChI=1S/C13H15ClN2O6/c1-6-5-8(18)15-12(20)16(6)11-13(21,3-4-14)10(19)9(22-11)7(2)17/h5,7,9-11,17,19,21H,1-2H3,(H,15,18,20)/t7-,9?,10+,11-,13?/m1/s1. The predicted octanol–water partition coefficient (Wildman–Crippen LogP) is -1.59. The van der Waals surface area contributed by atoms with Crippen molar-refractivity contribution in [2.45, 2.75) is 44.0 Å². The van der Waals surface area contributed by atoms with Crippen LogP contribution in [0.1, 0.15) is 18.8 Å². The van der Waals surface area contributed by atoms with Crippen molar-refractivity contribution >= 4 is 11.6 Å². The largest absolute Gasteiger partial charge is 0.391 e. The summed E-state index contributed by atoms with van der Waals surface area (Å²) < 4.78 is 6.36. The average molecular weight is 331 g/mol. The number of hydrogen-bond acceptors (Lipinski definition) is 6. The van der Waals surface area contributed by atoms with Gasteiger partial charge in [0.05, 0.1) is 6.10 Å². The summed E-state index contributed by atoms with van der Waals surface area (Å²) in [5.74, 6) is 2.21. The minimum Gasteiger partial charge on any atom is -0.391 e. The lowest BCUT2D eigenvalue weighted by molar-refractivity contribution is -0.0892. The molecule has 0 amide bonds. The highest BCUT2D eigenvalue weighted by Gasteiger charge is 2.57. The number of hydrogen-bond donors (Lipinski definition) is 4.